The highest BCUT2D eigenvalue weighted by Gasteiger charge is 2.45. The molecule has 3 heterocycles. The van der Waals surface area contributed by atoms with Crippen molar-refractivity contribution in [1.29, 1.82) is 0 Å². The van der Waals surface area contributed by atoms with E-state index >= 15 is 0 Å². The van der Waals surface area contributed by atoms with E-state index in [2.05, 4.69) is 30.8 Å². The van der Waals surface area contributed by atoms with E-state index in [1.165, 1.54) is 44.3 Å². The molecule has 2 fully saturated rings. The maximum absolute atomic E-state index is 13.6. The molecule has 1 aromatic carbocycles. The van der Waals surface area contributed by atoms with Crippen molar-refractivity contribution in [1.82, 2.24) is 14.3 Å². The molecule has 2 aromatic rings. The van der Waals surface area contributed by atoms with Gasteiger partial charge in [0.1, 0.15) is 0 Å². The third-order valence-electron chi connectivity index (χ3n) is 6.36. The number of rotatable bonds is 5. The van der Waals surface area contributed by atoms with Crippen LogP contribution in [-0.4, -0.2) is 53.8 Å². The summed E-state index contributed by atoms with van der Waals surface area (Å²) < 4.78 is 34.1. The van der Waals surface area contributed by atoms with Crippen LogP contribution in [0.2, 0.25) is 0 Å². The minimum absolute atomic E-state index is 0.319. The average Bonchev–Trinajstić information content (AvgIpc) is 3.44. The Bertz CT molecular complexity index is 936. The second-order valence-electron chi connectivity index (χ2n) is 8.43. The van der Waals surface area contributed by atoms with Gasteiger partial charge in [0.15, 0.2) is 17.4 Å². The highest BCUT2D eigenvalue weighted by Crippen LogP contribution is 2.45. The lowest BCUT2D eigenvalue weighted by Crippen LogP contribution is -2.23. The highest BCUT2D eigenvalue weighted by atomic mass is 32.2. The first-order chi connectivity index (χ1) is 15.5. The minimum Gasteiger partial charge on any atom is -0.491 e. The van der Waals surface area contributed by atoms with Crippen molar-refractivity contribution in [3.05, 3.63) is 53.4 Å². The molecule has 0 N–H and O–H groups in total. The zero-order valence-corrected chi connectivity index (χ0v) is 19.7. The van der Waals surface area contributed by atoms with Gasteiger partial charge < -0.3 is 9.64 Å². The fourth-order valence-electron chi connectivity index (χ4n) is 4.27. The molecular weight excluding hydrogens is 430 g/mol. The lowest BCUT2D eigenvalue weighted by molar-refractivity contribution is 0.359. The Hall–Kier alpha value is -2.19. The van der Waals surface area contributed by atoms with Gasteiger partial charge in [-0.2, -0.15) is 0 Å². The van der Waals surface area contributed by atoms with E-state index in [0.717, 1.165) is 49.3 Å². The van der Waals surface area contributed by atoms with Gasteiger partial charge in [0.25, 0.3) is 0 Å². The van der Waals surface area contributed by atoms with Crippen LogP contribution >= 0.6 is 11.9 Å². The van der Waals surface area contributed by atoms with Crippen molar-refractivity contribution in [2.75, 3.05) is 44.4 Å². The molecule has 3 aliphatic rings. The Morgan fingerprint density at radius 2 is 1.78 bits per heavy atom. The normalized spacial score (nSPS) is 22.0. The maximum Gasteiger partial charge on any atom is 0.225 e. The lowest BCUT2D eigenvalue weighted by atomic mass is 10.00. The third-order valence-corrected chi connectivity index (χ3v) is 7.21. The molecule has 8 heteroatoms. The fourth-order valence-corrected chi connectivity index (χ4v) is 4.77. The number of ether oxygens (including phenoxy) is 1. The van der Waals surface area contributed by atoms with E-state index in [-0.39, 0.29) is 5.75 Å². The minimum atomic E-state index is -0.652. The number of anilines is 1. The maximum atomic E-state index is 13.6. The summed E-state index contributed by atoms with van der Waals surface area (Å²) in [6.07, 6.45) is 11.2. The zero-order chi connectivity index (χ0) is 22.7. The molecule has 5 rings (SSSR count). The predicted octanol–water partition coefficient (Wildman–Crippen LogP) is 4.84. The summed E-state index contributed by atoms with van der Waals surface area (Å²) in [4.78, 5) is 11.1. The Labute approximate surface area is 193 Å². The van der Waals surface area contributed by atoms with Gasteiger partial charge in [0, 0.05) is 38.6 Å². The van der Waals surface area contributed by atoms with E-state index < -0.39 is 11.6 Å². The molecule has 5 nitrogen and oxygen atoms in total. The molecular formula is C24H30F2N4OS. The van der Waals surface area contributed by atoms with Crippen LogP contribution in [0.3, 0.4) is 0 Å². The number of hydrogen-bond acceptors (Lipinski definition) is 6. The van der Waals surface area contributed by atoms with E-state index in [0.29, 0.717) is 5.56 Å². The first kappa shape index (κ1) is 23.0. The van der Waals surface area contributed by atoms with E-state index in [1.54, 1.807) is 11.9 Å². The quantitative estimate of drug-likeness (QED) is 0.595. The molecule has 1 aliphatic carbocycles. The van der Waals surface area contributed by atoms with Crippen molar-refractivity contribution in [2.45, 2.75) is 26.2 Å². The van der Waals surface area contributed by atoms with Gasteiger partial charge in [0.2, 0.25) is 5.95 Å². The summed E-state index contributed by atoms with van der Waals surface area (Å²) in [5, 5.41) is 0. The molecule has 172 valence electrons. The highest BCUT2D eigenvalue weighted by molar-refractivity contribution is 7.96. The second-order valence-corrected chi connectivity index (χ2v) is 9.31. The van der Waals surface area contributed by atoms with Crippen molar-refractivity contribution in [2.24, 2.45) is 11.8 Å². The van der Waals surface area contributed by atoms with Crippen LogP contribution in [-0.2, 0) is 6.42 Å². The van der Waals surface area contributed by atoms with Crippen molar-refractivity contribution < 1.29 is 13.5 Å². The first-order valence-electron chi connectivity index (χ1n) is 11.1. The predicted molar refractivity (Wildman–Crippen MR) is 126 cm³/mol. The van der Waals surface area contributed by atoms with Crippen LogP contribution in [0.5, 0.6) is 5.75 Å². The number of methoxy groups -OCH3 is 1. The number of aromatic nitrogens is 2. The topological polar surface area (TPSA) is 41.5 Å². The molecule has 0 radical (unpaired) electrons. The van der Waals surface area contributed by atoms with Crippen LogP contribution in [0, 0.1) is 23.5 Å². The number of benzene rings is 1. The van der Waals surface area contributed by atoms with Gasteiger partial charge in [-0.05, 0) is 66.2 Å². The van der Waals surface area contributed by atoms with E-state index in [4.69, 9.17) is 0 Å². The fraction of sp³-hybridized carbons (Fsp3) is 0.500. The number of halogens is 2. The molecule has 2 aliphatic heterocycles. The van der Waals surface area contributed by atoms with Gasteiger partial charge in [-0.3, -0.25) is 0 Å². The summed E-state index contributed by atoms with van der Waals surface area (Å²) >= 11 is 1.68. The molecule has 0 bridgehead atoms. The van der Waals surface area contributed by atoms with Gasteiger partial charge in [-0.25, -0.2) is 23.1 Å². The molecule has 32 heavy (non-hydrogen) atoms. The molecule has 2 atom stereocenters. The summed E-state index contributed by atoms with van der Waals surface area (Å²) in [6, 6.07) is 2.67. The Kier molecular flexibility index (Phi) is 7.30. The number of nitrogens with zero attached hydrogens (tertiary/aromatic N) is 4. The Balaban J connectivity index is 0.000000157. The summed E-state index contributed by atoms with van der Waals surface area (Å²) in [5.41, 5.74) is 2.81. The molecule has 1 aromatic heterocycles. The van der Waals surface area contributed by atoms with Crippen LogP contribution in [0.25, 0.3) is 5.57 Å². The third kappa shape index (κ3) is 5.23. The molecule has 2 unspecified atom stereocenters. The van der Waals surface area contributed by atoms with Crippen molar-refractivity contribution >= 4 is 23.5 Å². The Morgan fingerprint density at radius 1 is 1.12 bits per heavy atom. The number of hydrogen-bond donors (Lipinski definition) is 0. The first-order valence-corrected chi connectivity index (χ1v) is 12.3. The summed E-state index contributed by atoms with van der Waals surface area (Å²) in [6.45, 7) is 6.17. The molecule has 1 saturated heterocycles. The zero-order valence-electron chi connectivity index (χ0n) is 18.9. The van der Waals surface area contributed by atoms with Gasteiger partial charge in [-0.15, -0.1) is 0 Å². The molecule has 0 amide bonds. The van der Waals surface area contributed by atoms with Gasteiger partial charge >= 0.3 is 0 Å². The van der Waals surface area contributed by atoms with E-state index in [9.17, 15) is 8.78 Å². The average molecular weight is 461 g/mol. The standard InChI is InChI=1S/C13H15F2NOS.C11H15N3/c1-17-13-11(14)7-10(8-12(13)15)9-3-5-16(18-2)6-4-9;1-2-8-4-12-11(13-5-8)14-6-9-3-10(9)7-14/h3,7-8H,4-6H2,1-2H3;4-5,9-10H,2-3,6-7H2,1H3. The summed E-state index contributed by atoms with van der Waals surface area (Å²) in [5.74, 6) is 1.20. The van der Waals surface area contributed by atoms with Gasteiger partial charge in [-0.1, -0.05) is 24.9 Å². The molecule has 0 spiro atoms. The second kappa shape index (κ2) is 10.2. The van der Waals surface area contributed by atoms with Gasteiger partial charge in [0.05, 0.1) is 7.11 Å². The van der Waals surface area contributed by atoms with Crippen molar-refractivity contribution in [3.63, 3.8) is 0 Å². The Morgan fingerprint density at radius 3 is 2.28 bits per heavy atom. The van der Waals surface area contributed by atoms with E-state index in [1.807, 2.05) is 24.7 Å². The SMILES string of the molecule is CCc1cnc(N2CC3CC3C2)nc1.COc1c(F)cc(C2=CCN(SC)CC2)cc1F. The monoisotopic (exact) mass is 460 g/mol. The number of piperidine rings is 1. The van der Waals surface area contributed by atoms with Crippen LogP contribution < -0.4 is 9.64 Å². The summed E-state index contributed by atoms with van der Waals surface area (Å²) in [7, 11) is 1.26. The smallest absolute Gasteiger partial charge is 0.225 e. The number of aryl methyl sites for hydroxylation is 1. The van der Waals surface area contributed by atoms with Crippen molar-refractivity contribution in [3.8, 4) is 5.75 Å². The van der Waals surface area contributed by atoms with Crippen LogP contribution in [0.1, 0.15) is 30.9 Å². The van der Waals surface area contributed by atoms with Crippen LogP contribution in [0.4, 0.5) is 14.7 Å². The largest absolute Gasteiger partial charge is 0.491 e. The van der Waals surface area contributed by atoms with Crippen LogP contribution in [0.15, 0.2) is 30.6 Å². The number of fused-ring (bicyclic) bond motifs is 1. The lowest BCUT2D eigenvalue weighted by Gasteiger charge is -2.24. The molecule has 1 saturated carbocycles.